The molecule has 10 nitrogen and oxygen atoms in total. The molecule has 2 bridgehead atoms. The van der Waals surface area contributed by atoms with Gasteiger partial charge in [-0.3, -0.25) is 25.8 Å². The number of amides is 3. The van der Waals surface area contributed by atoms with Gasteiger partial charge in [0.05, 0.1) is 18.4 Å². The molecule has 1 aromatic carbocycles. The Morgan fingerprint density at radius 1 is 1.04 bits per heavy atom. The summed E-state index contributed by atoms with van der Waals surface area (Å²) in [6.07, 6.45) is -13.0. The van der Waals surface area contributed by atoms with Crippen LogP contribution >= 0.6 is 0 Å². The molecule has 2 heterocycles. The number of carbonyl (C=O) groups excluding carboxylic acids is 3. The molecule has 45 heavy (non-hydrogen) atoms. The minimum absolute atomic E-state index is 0.106. The maximum Gasteiger partial charge on any atom is 0.426 e. The molecular formula is C29H34F6N4O6. The number of halogens is 6. The van der Waals surface area contributed by atoms with E-state index >= 15 is 0 Å². The third-order valence-corrected chi connectivity index (χ3v) is 6.54. The number of rotatable bonds is 4. The van der Waals surface area contributed by atoms with Crippen LogP contribution in [0.15, 0.2) is 36.4 Å². The van der Waals surface area contributed by atoms with E-state index in [9.17, 15) is 40.7 Å². The fourth-order valence-electron chi connectivity index (χ4n) is 4.36. The summed E-state index contributed by atoms with van der Waals surface area (Å²) in [5.74, 6) is -4.24. The topological polar surface area (TPSA) is 128 Å². The van der Waals surface area contributed by atoms with Gasteiger partial charge in [0.2, 0.25) is 11.5 Å². The molecule has 1 aliphatic heterocycles. The summed E-state index contributed by atoms with van der Waals surface area (Å²) in [5.41, 5.74) is -3.86. The summed E-state index contributed by atoms with van der Waals surface area (Å²) in [6, 6.07) is 8.19. The lowest BCUT2D eigenvalue weighted by Crippen LogP contribution is -2.61. The Hall–Kier alpha value is -4.08. The zero-order valence-electron chi connectivity index (χ0n) is 24.9. The van der Waals surface area contributed by atoms with Gasteiger partial charge >= 0.3 is 18.4 Å². The molecule has 0 spiro atoms. The molecule has 0 radical (unpaired) electrons. The van der Waals surface area contributed by atoms with E-state index in [0.29, 0.717) is 11.6 Å². The number of benzene rings is 1. The molecule has 1 aliphatic rings. The number of hydrogen-bond acceptors (Lipinski definition) is 7. The second kappa shape index (κ2) is 13.9. The molecule has 3 N–H and O–H groups in total. The Morgan fingerprint density at radius 2 is 1.71 bits per heavy atom. The third kappa shape index (κ3) is 9.45. The Morgan fingerprint density at radius 3 is 2.31 bits per heavy atom. The maximum absolute atomic E-state index is 14.6. The number of hydrogen-bond donors (Lipinski definition) is 3. The van der Waals surface area contributed by atoms with E-state index in [2.05, 4.69) is 4.98 Å². The summed E-state index contributed by atoms with van der Waals surface area (Å²) in [7, 11) is 0. The highest BCUT2D eigenvalue weighted by molar-refractivity contribution is 6.02. The van der Waals surface area contributed by atoms with Crippen LogP contribution in [-0.2, 0) is 27.1 Å². The number of aromatic nitrogens is 1. The molecule has 0 saturated carbocycles. The molecule has 0 fully saturated rings. The van der Waals surface area contributed by atoms with Crippen molar-refractivity contribution >= 4 is 23.6 Å². The number of pyridine rings is 1. The molecule has 16 heteroatoms. The first kappa shape index (κ1) is 35.4. The van der Waals surface area contributed by atoms with Gasteiger partial charge in [-0.05, 0) is 65.0 Å². The number of nitrogens with one attached hydrogen (secondary N) is 3. The second-order valence-corrected chi connectivity index (χ2v) is 11.4. The average molecular weight is 649 g/mol. The second-order valence-electron chi connectivity index (χ2n) is 11.4. The van der Waals surface area contributed by atoms with Crippen molar-refractivity contribution in [1.82, 2.24) is 15.8 Å². The van der Waals surface area contributed by atoms with Crippen LogP contribution in [0.3, 0.4) is 0 Å². The summed E-state index contributed by atoms with van der Waals surface area (Å²) in [6.45, 7) is 5.27. The van der Waals surface area contributed by atoms with E-state index in [1.54, 1.807) is 29.1 Å². The summed E-state index contributed by atoms with van der Waals surface area (Å²) in [5, 5.41) is 2.01. The van der Waals surface area contributed by atoms with Crippen molar-refractivity contribution in [2.75, 3.05) is 5.32 Å². The lowest BCUT2D eigenvalue weighted by Gasteiger charge is -2.34. The molecule has 248 valence electrons. The molecular weight excluding hydrogens is 614 g/mol. The molecule has 0 saturated heterocycles. The van der Waals surface area contributed by atoms with E-state index < -0.39 is 83.4 Å². The van der Waals surface area contributed by atoms with Crippen LogP contribution in [0, 0.1) is 0 Å². The monoisotopic (exact) mass is 648 g/mol. The predicted molar refractivity (Wildman–Crippen MR) is 148 cm³/mol. The van der Waals surface area contributed by atoms with Crippen LogP contribution in [0.1, 0.15) is 81.4 Å². The molecule has 3 amide bonds. The van der Waals surface area contributed by atoms with Crippen molar-refractivity contribution in [2.24, 2.45) is 0 Å². The molecule has 2 aromatic rings. The standard InChI is InChI=1S/C29H34F6N4O6/c1-17-11-7-6-10-14-27(29(33,34)35,43-16-18-12-8-5-9-13-18)24(41)39-38-22(40)21-20(36-25(42)45-26(2,3)4)15-19(28(30,31)32)23(37-21)44-17/h5,8-9,12-13,15,17H,6-7,10-11,14,16H2,1-4H3,(H,36,42)(H,38,40)(H,39,41)/t17-,27+/m0/s1. The fourth-order valence-corrected chi connectivity index (χ4v) is 4.36. The Kier molecular flexibility index (Phi) is 10.9. The van der Waals surface area contributed by atoms with Gasteiger partial charge in [0.25, 0.3) is 11.8 Å². The molecule has 1 aromatic heterocycles. The smallest absolute Gasteiger partial charge is 0.426 e. The van der Waals surface area contributed by atoms with Crippen LogP contribution in [0.5, 0.6) is 5.88 Å². The van der Waals surface area contributed by atoms with Gasteiger partial charge in [-0.2, -0.15) is 26.3 Å². The molecule has 2 atom stereocenters. The first-order chi connectivity index (χ1) is 20.8. The van der Waals surface area contributed by atoms with Crippen LogP contribution in [-0.4, -0.2) is 46.4 Å². The zero-order valence-corrected chi connectivity index (χ0v) is 24.9. The van der Waals surface area contributed by atoms with Gasteiger partial charge < -0.3 is 14.2 Å². The maximum atomic E-state index is 14.6. The van der Waals surface area contributed by atoms with Crippen molar-refractivity contribution in [2.45, 2.75) is 96.1 Å². The van der Waals surface area contributed by atoms with Crippen LogP contribution in [0.4, 0.5) is 36.8 Å². The normalized spacial score (nSPS) is 20.5. The quantitative estimate of drug-likeness (QED) is 0.325. The van der Waals surface area contributed by atoms with Crippen molar-refractivity contribution in [3.63, 3.8) is 0 Å². The van der Waals surface area contributed by atoms with Crippen LogP contribution in [0.25, 0.3) is 0 Å². The molecule has 0 aliphatic carbocycles. The van der Waals surface area contributed by atoms with Crippen molar-refractivity contribution in [1.29, 1.82) is 0 Å². The zero-order chi connectivity index (χ0) is 33.6. The van der Waals surface area contributed by atoms with E-state index in [0.717, 1.165) is 0 Å². The van der Waals surface area contributed by atoms with E-state index in [1.165, 1.54) is 39.8 Å². The van der Waals surface area contributed by atoms with Crippen LogP contribution in [0.2, 0.25) is 0 Å². The van der Waals surface area contributed by atoms with Gasteiger partial charge in [-0.25, -0.2) is 9.78 Å². The third-order valence-electron chi connectivity index (χ3n) is 6.54. The SMILES string of the molecule is C[C@H]1CCCCC[C@](OCc2ccccc2)(C(F)(F)F)C(=O)NNC(=O)c2nc(c(C(F)(F)F)cc2NC(=O)OC(C)(C)C)O1. The number of nitrogens with zero attached hydrogens (tertiary/aromatic N) is 1. The predicted octanol–water partition coefficient (Wildman–Crippen LogP) is 6.46. The lowest BCUT2D eigenvalue weighted by molar-refractivity contribution is -0.273. The van der Waals surface area contributed by atoms with Crippen molar-refractivity contribution < 1.29 is 54.9 Å². The minimum Gasteiger partial charge on any atom is -0.474 e. The van der Waals surface area contributed by atoms with Crippen molar-refractivity contribution in [3.8, 4) is 5.88 Å². The summed E-state index contributed by atoms with van der Waals surface area (Å²) < 4.78 is 102. The van der Waals surface area contributed by atoms with Gasteiger partial charge in [0.15, 0.2) is 5.69 Å². The minimum atomic E-state index is -5.25. The van der Waals surface area contributed by atoms with Crippen LogP contribution < -0.4 is 20.9 Å². The largest absolute Gasteiger partial charge is 0.474 e. The van der Waals surface area contributed by atoms with E-state index in [4.69, 9.17) is 14.2 Å². The van der Waals surface area contributed by atoms with Gasteiger partial charge in [0, 0.05) is 0 Å². The highest BCUT2D eigenvalue weighted by Gasteiger charge is 2.61. The first-order valence-corrected chi connectivity index (χ1v) is 14.0. The van der Waals surface area contributed by atoms with Gasteiger partial charge in [0.1, 0.15) is 11.2 Å². The number of hydrazine groups is 1. The number of ether oxygens (including phenoxy) is 3. The summed E-state index contributed by atoms with van der Waals surface area (Å²) >= 11 is 0. The first-order valence-electron chi connectivity index (χ1n) is 14.0. The lowest BCUT2D eigenvalue weighted by atomic mass is 9.93. The Labute approximate surface area is 255 Å². The number of anilines is 1. The molecule has 0 unspecified atom stereocenters. The van der Waals surface area contributed by atoms with Gasteiger partial charge in [-0.1, -0.05) is 36.8 Å². The average Bonchev–Trinajstić information content (AvgIpc) is 2.91. The van der Waals surface area contributed by atoms with E-state index in [1.807, 2.05) is 5.32 Å². The number of fused-ring (bicyclic) bond motifs is 2. The number of carbonyl (C=O) groups is 3. The van der Waals surface area contributed by atoms with Gasteiger partial charge in [-0.15, -0.1) is 0 Å². The number of alkyl halides is 6. The fraction of sp³-hybridized carbons (Fsp3) is 0.517. The Bertz CT molecular complexity index is 1360. The highest BCUT2D eigenvalue weighted by Crippen LogP contribution is 2.40. The molecule has 3 rings (SSSR count). The highest BCUT2D eigenvalue weighted by atomic mass is 19.4. The van der Waals surface area contributed by atoms with Crippen molar-refractivity contribution in [3.05, 3.63) is 53.2 Å². The summed E-state index contributed by atoms with van der Waals surface area (Å²) in [4.78, 5) is 42.5. The Balaban J connectivity index is 2.06. The van der Waals surface area contributed by atoms with E-state index in [-0.39, 0.29) is 25.7 Å².